The summed E-state index contributed by atoms with van der Waals surface area (Å²) in [7, 11) is 1.60. The molecule has 4 rings (SSSR count). The van der Waals surface area contributed by atoms with Crippen LogP contribution in [0.5, 0.6) is 5.88 Å². The molecular weight excluding hydrogens is 368 g/mol. The van der Waals surface area contributed by atoms with Gasteiger partial charge in [0.25, 0.3) is 0 Å². The number of methoxy groups -OCH3 is 1. The lowest BCUT2D eigenvalue weighted by molar-refractivity contribution is 0.0956. The van der Waals surface area contributed by atoms with Crippen molar-refractivity contribution in [2.24, 2.45) is 5.92 Å². The molecule has 1 aliphatic rings. The van der Waals surface area contributed by atoms with Crippen LogP contribution >= 0.6 is 0 Å². The van der Waals surface area contributed by atoms with Crippen LogP contribution < -0.4 is 4.74 Å². The summed E-state index contributed by atoms with van der Waals surface area (Å²) in [6.45, 7) is 1.80. The van der Waals surface area contributed by atoms with Crippen molar-refractivity contribution >= 4 is 16.8 Å². The molecular formula is C22H28N4O3. The van der Waals surface area contributed by atoms with Gasteiger partial charge in [0.05, 0.1) is 23.9 Å². The fourth-order valence-electron chi connectivity index (χ4n) is 4.50. The van der Waals surface area contributed by atoms with Crippen molar-refractivity contribution in [2.45, 2.75) is 64.2 Å². The van der Waals surface area contributed by atoms with Crippen LogP contribution in [0.3, 0.4) is 0 Å². The lowest BCUT2D eigenvalue weighted by atomic mass is 9.78. The van der Waals surface area contributed by atoms with E-state index in [2.05, 4.69) is 15.1 Å². The minimum Gasteiger partial charge on any atom is -0.479 e. The van der Waals surface area contributed by atoms with E-state index in [0.29, 0.717) is 29.5 Å². The van der Waals surface area contributed by atoms with Crippen molar-refractivity contribution in [3.8, 4) is 5.88 Å². The summed E-state index contributed by atoms with van der Waals surface area (Å²) in [6.07, 6.45) is 12.0. The summed E-state index contributed by atoms with van der Waals surface area (Å²) in [6, 6.07) is 1.90. The molecule has 1 unspecified atom stereocenters. The Kier molecular flexibility index (Phi) is 5.92. The Hall–Kier alpha value is -2.70. The summed E-state index contributed by atoms with van der Waals surface area (Å²) in [5.41, 5.74) is 2.81. The molecule has 1 atom stereocenters. The highest BCUT2D eigenvalue weighted by Gasteiger charge is 2.30. The zero-order valence-electron chi connectivity index (χ0n) is 17.1. The third-order valence-corrected chi connectivity index (χ3v) is 6.10. The van der Waals surface area contributed by atoms with Crippen LogP contribution in [0.4, 0.5) is 0 Å². The number of Topliss-reactive ketones (excluding diaryl/α,β-unsaturated/α-hetero) is 1. The SMILES string of the molecule is COc1nccc2[nH]c(C(CC(=O)c3conc3C)C3CCCCCCC3)nc12. The molecule has 0 aromatic carbocycles. The molecule has 7 heteroatoms. The average molecular weight is 396 g/mol. The van der Waals surface area contributed by atoms with Crippen LogP contribution in [0.2, 0.25) is 0 Å². The Balaban J connectivity index is 1.69. The number of nitrogens with zero attached hydrogens (tertiary/aromatic N) is 3. The van der Waals surface area contributed by atoms with Crippen molar-refractivity contribution in [3.63, 3.8) is 0 Å². The number of aryl methyl sites for hydroxylation is 1. The predicted octanol–water partition coefficient (Wildman–Crippen LogP) is 4.98. The van der Waals surface area contributed by atoms with E-state index in [0.717, 1.165) is 29.7 Å². The molecule has 29 heavy (non-hydrogen) atoms. The first-order chi connectivity index (χ1) is 14.2. The number of fused-ring (bicyclic) bond motifs is 1. The molecule has 7 nitrogen and oxygen atoms in total. The Labute approximate surface area is 170 Å². The van der Waals surface area contributed by atoms with Crippen molar-refractivity contribution in [1.29, 1.82) is 0 Å². The number of ketones is 1. The van der Waals surface area contributed by atoms with Gasteiger partial charge >= 0.3 is 0 Å². The van der Waals surface area contributed by atoms with Gasteiger partial charge in [-0.1, -0.05) is 37.3 Å². The average Bonchev–Trinajstić information content (AvgIpc) is 3.32. The molecule has 1 fully saturated rings. The summed E-state index contributed by atoms with van der Waals surface area (Å²) in [5.74, 6) is 1.84. The predicted molar refractivity (Wildman–Crippen MR) is 109 cm³/mol. The van der Waals surface area contributed by atoms with Gasteiger partial charge in [0.15, 0.2) is 11.3 Å². The molecule has 0 radical (unpaired) electrons. The second-order valence-corrected chi connectivity index (χ2v) is 7.99. The molecule has 0 aliphatic heterocycles. The van der Waals surface area contributed by atoms with Crippen LogP contribution in [0.15, 0.2) is 23.0 Å². The smallest absolute Gasteiger partial charge is 0.241 e. The third kappa shape index (κ3) is 4.18. The number of hydrogen-bond acceptors (Lipinski definition) is 6. The maximum Gasteiger partial charge on any atom is 0.241 e. The Morgan fingerprint density at radius 2 is 2.03 bits per heavy atom. The van der Waals surface area contributed by atoms with E-state index < -0.39 is 0 Å². The number of carbonyl (C=O) groups is 1. The number of hydrogen-bond donors (Lipinski definition) is 1. The van der Waals surface area contributed by atoms with E-state index in [1.807, 2.05) is 6.07 Å². The minimum absolute atomic E-state index is 0.0204. The van der Waals surface area contributed by atoms with Crippen molar-refractivity contribution < 1.29 is 14.1 Å². The maximum absolute atomic E-state index is 13.1. The van der Waals surface area contributed by atoms with Gasteiger partial charge in [0.1, 0.15) is 12.1 Å². The van der Waals surface area contributed by atoms with E-state index in [-0.39, 0.29) is 11.7 Å². The second-order valence-electron chi connectivity index (χ2n) is 7.99. The number of aromatic nitrogens is 4. The number of aromatic amines is 1. The normalized spacial score (nSPS) is 17.0. The Morgan fingerprint density at radius 1 is 1.28 bits per heavy atom. The number of ether oxygens (including phenoxy) is 1. The summed E-state index contributed by atoms with van der Waals surface area (Å²) in [4.78, 5) is 25.6. The van der Waals surface area contributed by atoms with E-state index >= 15 is 0 Å². The number of imidazole rings is 1. The third-order valence-electron chi connectivity index (χ3n) is 6.10. The highest BCUT2D eigenvalue weighted by molar-refractivity contribution is 5.97. The molecule has 0 amide bonds. The zero-order valence-corrected chi connectivity index (χ0v) is 17.1. The fourth-order valence-corrected chi connectivity index (χ4v) is 4.50. The van der Waals surface area contributed by atoms with E-state index in [1.54, 1.807) is 20.2 Å². The molecule has 3 aromatic rings. The van der Waals surface area contributed by atoms with Crippen molar-refractivity contribution in [1.82, 2.24) is 20.1 Å². The number of pyridine rings is 1. The number of rotatable bonds is 6. The molecule has 3 heterocycles. The number of H-pyrrole nitrogens is 1. The lowest BCUT2D eigenvalue weighted by Crippen LogP contribution is -2.20. The highest BCUT2D eigenvalue weighted by atomic mass is 16.5. The van der Waals surface area contributed by atoms with Crippen LogP contribution in [0.25, 0.3) is 11.0 Å². The molecule has 1 aliphatic carbocycles. The van der Waals surface area contributed by atoms with Gasteiger partial charge in [-0.05, 0) is 31.7 Å². The van der Waals surface area contributed by atoms with Gasteiger partial charge in [0, 0.05) is 18.5 Å². The quantitative estimate of drug-likeness (QED) is 0.591. The second kappa shape index (κ2) is 8.76. The summed E-state index contributed by atoms with van der Waals surface area (Å²) in [5, 5.41) is 3.87. The standard InChI is InChI=1S/C22H28N4O3/c1-14-17(13-29-26-14)19(27)12-16(15-8-6-4-3-5-7-9-15)21-24-18-10-11-23-22(28-2)20(18)25-21/h10-11,13,15-16H,3-9,12H2,1-2H3,(H,24,25). The maximum atomic E-state index is 13.1. The number of carbonyl (C=O) groups excluding carboxylic acids is 1. The van der Waals surface area contributed by atoms with Gasteiger partial charge in [-0.3, -0.25) is 4.79 Å². The Morgan fingerprint density at radius 3 is 2.72 bits per heavy atom. The first-order valence-corrected chi connectivity index (χ1v) is 10.5. The molecule has 1 N–H and O–H groups in total. The molecule has 154 valence electrons. The molecule has 1 saturated carbocycles. The zero-order chi connectivity index (χ0) is 20.2. The van der Waals surface area contributed by atoms with Crippen LogP contribution in [-0.4, -0.2) is 33.0 Å². The molecule has 0 bridgehead atoms. The summed E-state index contributed by atoms with van der Waals surface area (Å²) >= 11 is 0. The lowest BCUT2D eigenvalue weighted by Gasteiger charge is -2.27. The molecule has 0 saturated heterocycles. The fraction of sp³-hybridized carbons (Fsp3) is 0.545. The molecule has 0 spiro atoms. The van der Waals surface area contributed by atoms with E-state index in [4.69, 9.17) is 14.2 Å². The van der Waals surface area contributed by atoms with E-state index in [1.165, 1.54) is 38.4 Å². The number of nitrogens with one attached hydrogen (secondary N) is 1. The van der Waals surface area contributed by atoms with Gasteiger partial charge in [-0.25, -0.2) is 9.97 Å². The largest absolute Gasteiger partial charge is 0.479 e. The van der Waals surface area contributed by atoms with Crippen LogP contribution in [0, 0.1) is 12.8 Å². The van der Waals surface area contributed by atoms with Crippen molar-refractivity contribution in [2.75, 3.05) is 7.11 Å². The molecule has 3 aromatic heterocycles. The van der Waals surface area contributed by atoms with Gasteiger partial charge in [-0.2, -0.15) is 0 Å². The monoisotopic (exact) mass is 396 g/mol. The first-order valence-electron chi connectivity index (χ1n) is 10.5. The first kappa shape index (κ1) is 19.6. The highest BCUT2D eigenvalue weighted by Crippen LogP contribution is 2.38. The van der Waals surface area contributed by atoms with Gasteiger partial charge < -0.3 is 14.2 Å². The van der Waals surface area contributed by atoms with E-state index in [9.17, 15) is 4.79 Å². The minimum atomic E-state index is 0.0204. The Bertz CT molecular complexity index is 970. The summed E-state index contributed by atoms with van der Waals surface area (Å²) < 4.78 is 10.4. The van der Waals surface area contributed by atoms with Gasteiger partial charge in [0.2, 0.25) is 5.88 Å². The van der Waals surface area contributed by atoms with Crippen molar-refractivity contribution in [3.05, 3.63) is 35.6 Å². The van der Waals surface area contributed by atoms with Crippen LogP contribution in [-0.2, 0) is 0 Å². The topological polar surface area (TPSA) is 93.9 Å². The van der Waals surface area contributed by atoms with Gasteiger partial charge in [-0.15, -0.1) is 0 Å². The van der Waals surface area contributed by atoms with Crippen LogP contribution in [0.1, 0.15) is 79.2 Å².